The van der Waals surface area contributed by atoms with Crippen LogP contribution >= 0.6 is 11.6 Å². The Balaban J connectivity index is 3.07. The minimum absolute atomic E-state index is 0.213. The summed E-state index contributed by atoms with van der Waals surface area (Å²) in [5.74, 6) is 0.213. The summed E-state index contributed by atoms with van der Waals surface area (Å²) in [6.07, 6.45) is 3.72. The van der Waals surface area contributed by atoms with E-state index in [1.54, 1.807) is 22.5 Å². The van der Waals surface area contributed by atoms with Crippen molar-refractivity contribution in [2.24, 2.45) is 0 Å². The molecule has 0 unspecified atom stereocenters. The Labute approximate surface area is 128 Å². The molecule has 0 amide bonds. The standard InChI is InChI=1S/C15H24ClNO2S/c1-3-5-11-17(12-6-4-2)20(18,19)15-10-8-7-9-14(15)13-16/h7-10H,3-6,11-13H2,1-2H3. The molecule has 114 valence electrons. The lowest BCUT2D eigenvalue weighted by molar-refractivity contribution is 0.395. The van der Waals surface area contributed by atoms with Crippen molar-refractivity contribution in [3.8, 4) is 0 Å². The third-order valence-corrected chi connectivity index (χ3v) is 5.54. The number of halogens is 1. The van der Waals surface area contributed by atoms with Crippen molar-refractivity contribution in [3.63, 3.8) is 0 Å². The second kappa shape index (κ2) is 8.65. The number of sulfonamides is 1. The molecule has 0 bridgehead atoms. The average molecular weight is 318 g/mol. The molecule has 0 aliphatic carbocycles. The van der Waals surface area contributed by atoms with Crippen LogP contribution in [0.3, 0.4) is 0 Å². The monoisotopic (exact) mass is 317 g/mol. The predicted molar refractivity (Wildman–Crippen MR) is 84.6 cm³/mol. The fourth-order valence-corrected chi connectivity index (χ4v) is 4.08. The number of hydrogen-bond acceptors (Lipinski definition) is 2. The number of benzene rings is 1. The van der Waals surface area contributed by atoms with E-state index in [2.05, 4.69) is 13.8 Å². The third kappa shape index (κ3) is 4.47. The SMILES string of the molecule is CCCCN(CCCC)S(=O)(=O)c1ccccc1CCl. The zero-order chi connectivity index (χ0) is 15.0. The van der Waals surface area contributed by atoms with Crippen LogP contribution < -0.4 is 0 Å². The molecule has 5 heteroatoms. The average Bonchev–Trinajstić information content (AvgIpc) is 2.47. The molecule has 1 rings (SSSR count). The van der Waals surface area contributed by atoms with Gasteiger partial charge >= 0.3 is 0 Å². The summed E-state index contributed by atoms with van der Waals surface area (Å²) in [6, 6.07) is 7.00. The Bertz CT molecular complexity index is 494. The molecule has 0 spiro atoms. The van der Waals surface area contributed by atoms with Crippen molar-refractivity contribution in [2.75, 3.05) is 13.1 Å². The molecule has 0 saturated carbocycles. The van der Waals surface area contributed by atoms with Gasteiger partial charge in [-0.15, -0.1) is 11.6 Å². The summed E-state index contributed by atoms with van der Waals surface area (Å²) >= 11 is 5.87. The Hall–Kier alpha value is -0.580. The molecular weight excluding hydrogens is 294 g/mol. The van der Waals surface area contributed by atoms with Crippen LogP contribution in [0.4, 0.5) is 0 Å². The van der Waals surface area contributed by atoms with Gasteiger partial charge in [-0.05, 0) is 24.5 Å². The molecule has 20 heavy (non-hydrogen) atoms. The number of rotatable bonds is 9. The highest BCUT2D eigenvalue weighted by Gasteiger charge is 2.25. The lowest BCUT2D eigenvalue weighted by Gasteiger charge is -2.23. The van der Waals surface area contributed by atoms with Gasteiger partial charge in [-0.3, -0.25) is 0 Å². The van der Waals surface area contributed by atoms with E-state index in [0.29, 0.717) is 23.5 Å². The zero-order valence-corrected chi connectivity index (χ0v) is 13.9. The topological polar surface area (TPSA) is 37.4 Å². The molecule has 0 aliphatic rings. The van der Waals surface area contributed by atoms with Crippen LogP contribution in [0.5, 0.6) is 0 Å². The van der Waals surface area contributed by atoms with Crippen LogP contribution in [-0.2, 0) is 15.9 Å². The number of hydrogen-bond donors (Lipinski definition) is 0. The van der Waals surface area contributed by atoms with Gasteiger partial charge in [-0.2, -0.15) is 4.31 Å². The number of alkyl halides is 1. The third-order valence-electron chi connectivity index (χ3n) is 3.26. The Morgan fingerprint density at radius 1 is 1.05 bits per heavy atom. The van der Waals surface area contributed by atoms with E-state index in [1.807, 2.05) is 6.07 Å². The van der Waals surface area contributed by atoms with Crippen LogP contribution in [-0.4, -0.2) is 25.8 Å². The summed E-state index contributed by atoms with van der Waals surface area (Å²) in [5, 5.41) is 0. The molecule has 0 N–H and O–H groups in total. The summed E-state index contributed by atoms with van der Waals surface area (Å²) in [6.45, 7) is 5.29. The van der Waals surface area contributed by atoms with Crippen LogP contribution in [0.1, 0.15) is 45.1 Å². The molecule has 0 aromatic heterocycles. The van der Waals surface area contributed by atoms with E-state index in [9.17, 15) is 8.42 Å². The molecule has 0 atom stereocenters. The Morgan fingerprint density at radius 3 is 2.10 bits per heavy atom. The maximum Gasteiger partial charge on any atom is 0.243 e. The summed E-state index contributed by atoms with van der Waals surface area (Å²) in [7, 11) is -3.44. The van der Waals surface area contributed by atoms with Gasteiger partial charge < -0.3 is 0 Å². The van der Waals surface area contributed by atoms with Crippen LogP contribution in [0.15, 0.2) is 29.2 Å². The maximum absolute atomic E-state index is 12.8. The van der Waals surface area contributed by atoms with E-state index in [4.69, 9.17) is 11.6 Å². The Kier molecular flexibility index (Phi) is 7.56. The first-order chi connectivity index (χ1) is 9.57. The van der Waals surface area contributed by atoms with E-state index < -0.39 is 10.0 Å². The smallest absolute Gasteiger partial charge is 0.207 e. The molecule has 0 heterocycles. The maximum atomic E-state index is 12.8. The van der Waals surface area contributed by atoms with E-state index in [0.717, 1.165) is 25.7 Å². The second-order valence-electron chi connectivity index (χ2n) is 4.85. The largest absolute Gasteiger partial charge is 0.243 e. The lowest BCUT2D eigenvalue weighted by Crippen LogP contribution is -2.33. The van der Waals surface area contributed by atoms with Gasteiger partial charge in [-0.1, -0.05) is 44.9 Å². The molecule has 3 nitrogen and oxygen atoms in total. The summed E-state index contributed by atoms with van der Waals surface area (Å²) in [4.78, 5) is 0.349. The summed E-state index contributed by atoms with van der Waals surface area (Å²) < 4.78 is 27.2. The van der Waals surface area contributed by atoms with Gasteiger partial charge in [0.2, 0.25) is 10.0 Å². The van der Waals surface area contributed by atoms with E-state index >= 15 is 0 Å². The van der Waals surface area contributed by atoms with Gasteiger partial charge in [0.15, 0.2) is 0 Å². The van der Waals surface area contributed by atoms with Crippen molar-refractivity contribution in [3.05, 3.63) is 29.8 Å². The molecule has 0 fully saturated rings. The quantitative estimate of drug-likeness (QED) is 0.645. The van der Waals surface area contributed by atoms with Crippen molar-refractivity contribution < 1.29 is 8.42 Å². The van der Waals surface area contributed by atoms with Gasteiger partial charge in [0.1, 0.15) is 0 Å². The minimum Gasteiger partial charge on any atom is -0.207 e. The normalized spacial score (nSPS) is 12.0. The van der Waals surface area contributed by atoms with Crippen LogP contribution in [0.2, 0.25) is 0 Å². The zero-order valence-electron chi connectivity index (χ0n) is 12.3. The molecular formula is C15H24ClNO2S. The molecule has 0 aliphatic heterocycles. The lowest BCUT2D eigenvalue weighted by atomic mass is 10.2. The van der Waals surface area contributed by atoms with Crippen molar-refractivity contribution in [1.82, 2.24) is 4.31 Å². The highest BCUT2D eigenvalue weighted by atomic mass is 35.5. The molecule has 0 saturated heterocycles. The summed E-state index contributed by atoms with van der Waals surface area (Å²) in [5.41, 5.74) is 0.673. The number of nitrogens with zero attached hydrogens (tertiary/aromatic N) is 1. The highest BCUT2D eigenvalue weighted by molar-refractivity contribution is 7.89. The van der Waals surface area contributed by atoms with Crippen molar-refractivity contribution in [2.45, 2.75) is 50.3 Å². The van der Waals surface area contributed by atoms with Crippen molar-refractivity contribution in [1.29, 1.82) is 0 Å². The first kappa shape index (κ1) is 17.5. The van der Waals surface area contributed by atoms with Gasteiger partial charge in [-0.25, -0.2) is 8.42 Å². The first-order valence-electron chi connectivity index (χ1n) is 7.21. The predicted octanol–water partition coefficient (Wildman–Crippen LogP) is 4.02. The van der Waals surface area contributed by atoms with E-state index in [-0.39, 0.29) is 5.88 Å². The minimum atomic E-state index is -3.44. The highest BCUT2D eigenvalue weighted by Crippen LogP contribution is 2.22. The van der Waals surface area contributed by atoms with Gasteiger partial charge in [0.25, 0.3) is 0 Å². The van der Waals surface area contributed by atoms with Crippen LogP contribution in [0.25, 0.3) is 0 Å². The van der Waals surface area contributed by atoms with Gasteiger partial charge in [0, 0.05) is 19.0 Å². The second-order valence-corrected chi connectivity index (χ2v) is 7.03. The van der Waals surface area contributed by atoms with Crippen molar-refractivity contribution >= 4 is 21.6 Å². The molecule has 0 radical (unpaired) electrons. The van der Waals surface area contributed by atoms with E-state index in [1.165, 1.54) is 0 Å². The fourth-order valence-electron chi connectivity index (χ4n) is 2.03. The van der Waals surface area contributed by atoms with Gasteiger partial charge in [0.05, 0.1) is 4.90 Å². The molecule has 1 aromatic rings. The van der Waals surface area contributed by atoms with Crippen LogP contribution in [0, 0.1) is 0 Å². The first-order valence-corrected chi connectivity index (χ1v) is 9.19. The Morgan fingerprint density at radius 2 is 1.60 bits per heavy atom. The number of unbranched alkanes of at least 4 members (excludes halogenated alkanes) is 2. The molecule has 1 aromatic carbocycles. The fraction of sp³-hybridized carbons (Fsp3) is 0.600.